The number of aryl methyl sites for hydroxylation is 1. The lowest BCUT2D eigenvalue weighted by Crippen LogP contribution is -2.33. The van der Waals surface area contributed by atoms with E-state index in [0.29, 0.717) is 18.0 Å². The first-order chi connectivity index (χ1) is 33.3. The number of nitrogens with one attached hydrogen (secondary N) is 2. The lowest BCUT2D eigenvalue weighted by atomic mass is 10.0. The first-order valence-corrected chi connectivity index (χ1v) is 26.7. The Kier molecular flexibility index (Phi) is 19.9. The fraction of sp³-hybridized carbons (Fsp3) is 0.370. The van der Waals surface area contributed by atoms with Gasteiger partial charge in [-0.15, -0.1) is 0 Å². The molecule has 5 aromatic carbocycles. The highest BCUT2D eigenvalue weighted by Crippen LogP contribution is 2.33. The number of sulfonamides is 1. The molecule has 0 spiro atoms. The summed E-state index contributed by atoms with van der Waals surface area (Å²) in [6.07, 6.45) is 17.0. The fourth-order valence-electron chi connectivity index (χ4n) is 8.01. The molecule has 0 radical (unpaired) electrons. The number of aliphatic imine (C=N–C) groups is 1. The van der Waals surface area contributed by atoms with Crippen LogP contribution in [0.15, 0.2) is 118 Å². The molecule has 6 rings (SSSR count). The molecule has 0 saturated heterocycles. The number of benzene rings is 5. The van der Waals surface area contributed by atoms with E-state index < -0.39 is 21.5 Å². The number of hydrogen-bond donors (Lipinski definition) is 2. The summed E-state index contributed by atoms with van der Waals surface area (Å²) < 4.78 is 38.1. The summed E-state index contributed by atoms with van der Waals surface area (Å²) in [7, 11) is -2.27. The number of carbonyl (C=O) groups is 1. The highest BCUT2D eigenvalue weighted by Gasteiger charge is 2.27. The summed E-state index contributed by atoms with van der Waals surface area (Å²) in [5.74, 6) is -0.689. The molecule has 2 N–H and O–H groups in total. The van der Waals surface area contributed by atoms with Gasteiger partial charge >= 0.3 is 0 Å². The third kappa shape index (κ3) is 14.6. The first kappa shape index (κ1) is 53.0. The van der Waals surface area contributed by atoms with Gasteiger partial charge in [-0.25, -0.2) is 18.4 Å². The third-order valence-electron chi connectivity index (χ3n) is 12.0. The third-order valence-corrected chi connectivity index (χ3v) is 14.2. The van der Waals surface area contributed by atoms with E-state index in [9.17, 15) is 13.2 Å². The van der Waals surface area contributed by atoms with Crippen LogP contribution in [0.2, 0.25) is 15.1 Å². The lowest BCUT2D eigenvalue weighted by molar-refractivity contribution is -0.110. The molecule has 6 aromatic rings. The number of rotatable bonds is 26. The molecule has 1 heterocycles. The second-order valence-corrected chi connectivity index (χ2v) is 20.2. The van der Waals surface area contributed by atoms with Crippen LogP contribution in [0.25, 0.3) is 16.6 Å². The Morgan fingerprint density at radius 3 is 2.01 bits per heavy atom. The van der Waals surface area contributed by atoms with E-state index >= 15 is 4.79 Å². The smallest absolute Gasteiger partial charge is 0.278 e. The van der Waals surface area contributed by atoms with Crippen molar-refractivity contribution in [2.24, 2.45) is 4.99 Å². The van der Waals surface area contributed by atoms with Gasteiger partial charge in [0.05, 0.1) is 55.2 Å². The van der Waals surface area contributed by atoms with Crippen molar-refractivity contribution in [1.29, 1.82) is 0 Å². The fourth-order valence-corrected chi connectivity index (χ4v) is 9.89. The predicted octanol–water partition coefficient (Wildman–Crippen LogP) is 14.5. The molecule has 0 unspecified atom stereocenters. The van der Waals surface area contributed by atoms with Crippen molar-refractivity contribution in [3.63, 3.8) is 0 Å². The van der Waals surface area contributed by atoms with Gasteiger partial charge in [0, 0.05) is 24.3 Å². The minimum absolute atomic E-state index is 0.0518. The van der Waals surface area contributed by atoms with Crippen molar-refractivity contribution in [2.45, 2.75) is 116 Å². The van der Waals surface area contributed by atoms with Crippen molar-refractivity contribution < 1.29 is 17.9 Å². The van der Waals surface area contributed by atoms with E-state index in [-0.39, 0.29) is 59.5 Å². The zero-order valence-electron chi connectivity index (χ0n) is 40.0. The van der Waals surface area contributed by atoms with E-state index in [1.165, 1.54) is 99.1 Å². The number of para-hydroxylation sites is 2. The Bertz CT molecular complexity index is 2890. The molecule has 0 saturated carbocycles. The number of fused-ring (bicyclic) bond motifs is 1. The Labute approximate surface area is 422 Å². The van der Waals surface area contributed by atoms with Gasteiger partial charge in [0.15, 0.2) is 11.5 Å². The van der Waals surface area contributed by atoms with Crippen LogP contribution in [0.5, 0.6) is 5.75 Å². The molecule has 11 nitrogen and oxygen atoms in total. The van der Waals surface area contributed by atoms with Crippen molar-refractivity contribution >= 4 is 90.1 Å². The van der Waals surface area contributed by atoms with Crippen LogP contribution in [-0.2, 0) is 14.8 Å². The SMILES string of the molecule is CCCCCCCCCCCCCCCCOc1ccc(S(=O)(=O)Nc2ccccc2Cl)cc1NC(=O)C(=Nc1ccc(N(C)CC)cc1C)c1nc2c(Cl)cc(Cl)cc2c(=O)n1-c1ccccc1. The summed E-state index contributed by atoms with van der Waals surface area (Å²) in [5.41, 5.74) is 2.06. The molecular weight excluding hydrogens is 951 g/mol. The van der Waals surface area contributed by atoms with E-state index in [4.69, 9.17) is 49.5 Å². The number of carbonyl (C=O) groups excluding carboxylic acids is 1. The topological polar surface area (TPSA) is 135 Å². The molecule has 366 valence electrons. The number of ether oxygens (including phenoxy) is 1. The largest absolute Gasteiger partial charge is 0.491 e. The zero-order valence-corrected chi connectivity index (χ0v) is 43.1. The molecule has 0 aliphatic heterocycles. The number of nitrogens with zero attached hydrogens (tertiary/aromatic N) is 4. The second kappa shape index (κ2) is 26.0. The number of anilines is 3. The van der Waals surface area contributed by atoms with Crippen LogP contribution in [0.4, 0.5) is 22.7 Å². The standard InChI is InChI=1S/C54H63Cl3N6O5S/c1-5-7-8-9-10-11-12-13-14-15-16-17-18-24-33-68-49-32-30-42(69(66,67)61-47-28-23-22-27-44(47)56)37-48(49)59-53(64)51(58-46-31-29-41(34-38(46)3)62(4)6-2)52-60-50-43(35-39(55)36-45(50)57)54(65)63(52)40-25-20-19-21-26-40/h19-23,25-32,34-37,61H,5-18,24,33H2,1-4H3,(H,59,64). The van der Waals surface area contributed by atoms with Crippen LogP contribution in [0.3, 0.4) is 0 Å². The van der Waals surface area contributed by atoms with Gasteiger partial charge in [0.1, 0.15) is 5.75 Å². The molecule has 0 aliphatic rings. The Morgan fingerprint density at radius 2 is 1.38 bits per heavy atom. The Hall–Kier alpha value is -5.40. The van der Waals surface area contributed by atoms with Crippen LogP contribution in [0, 0.1) is 6.92 Å². The maximum Gasteiger partial charge on any atom is 0.278 e. The number of hydrogen-bond acceptors (Lipinski definition) is 8. The monoisotopic (exact) mass is 1010 g/mol. The van der Waals surface area contributed by atoms with Gasteiger partial charge < -0.3 is 15.0 Å². The summed E-state index contributed by atoms with van der Waals surface area (Å²) in [4.78, 5) is 41.5. The van der Waals surface area contributed by atoms with Crippen molar-refractivity contribution in [2.75, 3.05) is 35.1 Å². The van der Waals surface area contributed by atoms with E-state index in [2.05, 4.69) is 21.9 Å². The molecule has 69 heavy (non-hydrogen) atoms. The van der Waals surface area contributed by atoms with E-state index in [0.717, 1.165) is 43.5 Å². The van der Waals surface area contributed by atoms with Crippen molar-refractivity contribution in [3.05, 3.63) is 140 Å². The highest BCUT2D eigenvalue weighted by molar-refractivity contribution is 7.92. The van der Waals surface area contributed by atoms with Gasteiger partial charge in [0.2, 0.25) is 0 Å². The van der Waals surface area contributed by atoms with Crippen LogP contribution < -0.4 is 25.2 Å². The Balaban J connectivity index is 1.34. The molecule has 0 bridgehead atoms. The first-order valence-electron chi connectivity index (χ1n) is 24.0. The number of aromatic nitrogens is 2. The predicted molar refractivity (Wildman–Crippen MR) is 287 cm³/mol. The lowest BCUT2D eigenvalue weighted by Gasteiger charge is -2.19. The second-order valence-electron chi connectivity index (χ2n) is 17.3. The average molecular weight is 1010 g/mol. The maximum atomic E-state index is 15.2. The number of amides is 1. The number of unbranched alkanes of at least 4 members (excludes halogenated alkanes) is 13. The van der Waals surface area contributed by atoms with Crippen LogP contribution in [-0.4, -0.2) is 49.8 Å². The molecule has 1 aromatic heterocycles. The van der Waals surface area contributed by atoms with Crippen molar-refractivity contribution in [1.82, 2.24) is 9.55 Å². The minimum Gasteiger partial charge on any atom is -0.491 e. The highest BCUT2D eigenvalue weighted by atomic mass is 35.5. The van der Waals surface area contributed by atoms with Crippen molar-refractivity contribution in [3.8, 4) is 11.4 Å². The summed E-state index contributed by atoms with van der Waals surface area (Å²) >= 11 is 19.5. The maximum absolute atomic E-state index is 15.2. The quantitative estimate of drug-likeness (QED) is 0.0408. The molecule has 0 fully saturated rings. The van der Waals surface area contributed by atoms with Gasteiger partial charge in [0.25, 0.3) is 21.5 Å². The number of halogens is 3. The normalized spacial score (nSPS) is 11.8. The molecule has 0 aliphatic carbocycles. The summed E-state index contributed by atoms with van der Waals surface area (Å²) in [6.45, 7) is 7.25. The minimum atomic E-state index is -4.24. The summed E-state index contributed by atoms with van der Waals surface area (Å²) in [6, 6.07) is 28.1. The average Bonchev–Trinajstić information content (AvgIpc) is 3.33. The molecule has 0 atom stereocenters. The molecule has 15 heteroatoms. The molecular formula is C54H63Cl3N6O5S. The zero-order chi connectivity index (χ0) is 49.3. The van der Waals surface area contributed by atoms with Crippen LogP contribution >= 0.6 is 34.8 Å². The van der Waals surface area contributed by atoms with Gasteiger partial charge in [-0.2, -0.15) is 0 Å². The van der Waals surface area contributed by atoms with E-state index in [1.54, 1.807) is 60.7 Å². The van der Waals surface area contributed by atoms with Gasteiger partial charge in [-0.05, 0) is 98.6 Å². The Morgan fingerprint density at radius 1 is 0.739 bits per heavy atom. The van der Waals surface area contributed by atoms with Gasteiger partial charge in [-0.3, -0.25) is 18.9 Å². The van der Waals surface area contributed by atoms with E-state index in [1.807, 2.05) is 33.0 Å². The summed E-state index contributed by atoms with van der Waals surface area (Å²) in [5, 5.41) is 3.59. The molecule has 1 amide bonds. The van der Waals surface area contributed by atoms with Gasteiger partial charge in [-0.1, -0.05) is 156 Å². The van der Waals surface area contributed by atoms with Crippen LogP contribution in [0.1, 0.15) is 115 Å².